The molecule has 1 nitrogen and oxygen atoms in total. The van der Waals surface area contributed by atoms with Gasteiger partial charge in [0.1, 0.15) is 5.82 Å². The van der Waals surface area contributed by atoms with Gasteiger partial charge < -0.3 is 4.90 Å². The number of nitrogens with zero attached hydrogens (tertiary/aromatic N) is 1. The number of rotatable bonds is 3. The molecule has 0 spiro atoms. The molecule has 0 aliphatic carbocycles. The van der Waals surface area contributed by atoms with Crippen molar-refractivity contribution in [2.45, 2.75) is 13.5 Å². The first kappa shape index (κ1) is 10.7. The van der Waals surface area contributed by atoms with E-state index in [1.165, 1.54) is 12.1 Å². The highest BCUT2D eigenvalue weighted by Gasteiger charge is 2.03. The lowest BCUT2D eigenvalue weighted by Gasteiger charge is -2.14. The molecule has 0 fully saturated rings. The highest BCUT2D eigenvalue weighted by molar-refractivity contribution is 9.10. The van der Waals surface area contributed by atoms with E-state index in [2.05, 4.69) is 27.8 Å². The fraction of sp³-hybridized carbons (Fsp3) is 0.400. The van der Waals surface area contributed by atoms with E-state index in [1.807, 2.05) is 13.1 Å². The second-order valence-electron chi connectivity index (χ2n) is 3.07. The third-order valence-corrected chi connectivity index (χ3v) is 2.73. The van der Waals surface area contributed by atoms with Gasteiger partial charge in [-0.3, -0.25) is 0 Å². The van der Waals surface area contributed by atoms with E-state index in [1.54, 1.807) is 0 Å². The van der Waals surface area contributed by atoms with Crippen molar-refractivity contribution in [2.24, 2.45) is 0 Å². The third kappa shape index (κ3) is 3.08. The molecule has 0 aliphatic heterocycles. The van der Waals surface area contributed by atoms with E-state index in [-0.39, 0.29) is 5.82 Å². The van der Waals surface area contributed by atoms with Crippen molar-refractivity contribution >= 4 is 15.9 Å². The molecule has 0 amide bonds. The Morgan fingerprint density at radius 3 is 2.69 bits per heavy atom. The summed E-state index contributed by atoms with van der Waals surface area (Å²) in [5.41, 5.74) is 1.12. The molecule has 0 radical (unpaired) electrons. The first-order valence-corrected chi connectivity index (χ1v) is 5.05. The van der Waals surface area contributed by atoms with Crippen LogP contribution in [0.1, 0.15) is 12.5 Å². The first-order chi connectivity index (χ1) is 6.13. The van der Waals surface area contributed by atoms with Crippen molar-refractivity contribution in [3.63, 3.8) is 0 Å². The molecule has 0 heterocycles. The second-order valence-corrected chi connectivity index (χ2v) is 3.92. The zero-order valence-corrected chi connectivity index (χ0v) is 9.44. The summed E-state index contributed by atoms with van der Waals surface area (Å²) >= 11 is 3.34. The average Bonchev–Trinajstić information content (AvgIpc) is 2.09. The Morgan fingerprint density at radius 1 is 1.46 bits per heavy atom. The molecule has 1 aromatic carbocycles. The van der Waals surface area contributed by atoms with Crippen molar-refractivity contribution in [1.29, 1.82) is 0 Å². The lowest BCUT2D eigenvalue weighted by atomic mass is 10.2. The Hall–Kier alpha value is -0.410. The molecule has 1 aromatic rings. The Kier molecular flexibility index (Phi) is 3.88. The Morgan fingerprint density at radius 2 is 2.15 bits per heavy atom. The summed E-state index contributed by atoms with van der Waals surface area (Å²) < 4.78 is 13.6. The molecule has 0 unspecified atom stereocenters. The van der Waals surface area contributed by atoms with Gasteiger partial charge in [-0.2, -0.15) is 0 Å². The predicted octanol–water partition coefficient (Wildman–Crippen LogP) is 3.04. The molecular weight excluding hydrogens is 233 g/mol. The van der Waals surface area contributed by atoms with Crippen LogP contribution in [0.3, 0.4) is 0 Å². The maximum absolute atomic E-state index is 12.7. The zero-order chi connectivity index (χ0) is 9.84. The second kappa shape index (κ2) is 4.72. The summed E-state index contributed by atoms with van der Waals surface area (Å²) in [5.74, 6) is -0.199. The standard InChI is InChI=1S/C10H13BrFN/c1-3-13(2)7-8-4-5-9(12)6-10(8)11/h4-6H,3,7H2,1-2H3. The van der Waals surface area contributed by atoms with Crippen molar-refractivity contribution < 1.29 is 4.39 Å². The van der Waals surface area contributed by atoms with E-state index in [4.69, 9.17) is 0 Å². The molecule has 13 heavy (non-hydrogen) atoms. The molecule has 0 aliphatic rings. The van der Waals surface area contributed by atoms with Gasteiger partial charge in [-0.25, -0.2) is 4.39 Å². The van der Waals surface area contributed by atoms with Crippen molar-refractivity contribution in [3.05, 3.63) is 34.1 Å². The van der Waals surface area contributed by atoms with Crippen LogP contribution in [0.15, 0.2) is 22.7 Å². The lowest BCUT2D eigenvalue weighted by Crippen LogP contribution is -2.16. The van der Waals surface area contributed by atoms with E-state index in [0.717, 1.165) is 23.1 Å². The highest BCUT2D eigenvalue weighted by atomic mass is 79.9. The summed E-state index contributed by atoms with van der Waals surface area (Å²) in [4.78, 5) is 2.16. The van der Waals surface area contributed by atoms with Crippen molar-refractivity contribution in [2.75, 3.05) is 13.6 Å². The topological polar surface area (TPSA) is 3.24 Å². The largest absolute Gasteiger partial charge is 0.302 e. The maximum Gasteiger partial charge on any atom is 0.124 e. The van der Waals surface area contributed by atoms with Crippen LogP contribution in [0.5, 0.6) is 0 Å². The summed E-state index contributed by atoms with van der Waals surface area (Å²) in [5, 5.41) is 0. The van der Waals surface area contributed by atoms with E-state index in [9.17, 15) is 4.39 Å². The molecule has 0 aromatic heterocycles. The van der Waals surface area contributed by atoms with E-state index >= 15 is 0 Å². The third-order valence-electron chi connectivity index (χ3n) is 2.00. The van der Waals surface area contributed by atoms with Gasteiger partial charge in [-0.1, -0.05) is 28.9 Å². The predicted molar refractivity (Wildman–Crippen MR) is 56.1 cm³/mol. The average molecular weight is 246 g/mol. The normalized spacial score (nSPS) is 10.8. The highest BCUT2D eigenvalue weighted by Crippen LogP contribution is 2.19. The summed E-state index contributed by atoms with van der Waals surface area (Å²) in [6.07, 6.45) is 0. The molecule has 0 saturated carbocycles. The van der Waals surface area contributed by atoms with Gasteiger partial charge in [-0.05, 0) is 31.3 Å². The van der Waals surface area contributed by atoms with Crippen LogP contribution in [0.2, 0.25) is 0 Å². The molecule has 0 bridgehead atoms. The molecule has 0 atom stereocenters. The molecular formula is C10H13BrFN. The fourth-order valence-electron chi connectivity index (χ4n) is 1.05. The molecule has 0 saturated heterocycles. The minimum atomic E-state index is -0.199. The Bertz CT molecular complexity index is 288. The summed E-state index contributed by atoms with van der Waals surface area (Å²) in [6.45, 7) is 3.93. The van der Waals surface area contributed by atoms with Crippen LogP contribution in [0.25, 0.3) is 0 Å². The van der Waals surface area contributed by atoms with Crippen molar-refractivity contribution in [3.8, 4) is 0 Å². The zero-order valence-electron chi connectivity index (χ0n) is 7.85. The molecule has 72 valence electrons. The van der Waals surface area contributed by atoms with Gasteiger partial charge in [0, 0.05) is 11.0 Å². The van der Waals surface area contributed by atoms with Gasteiger partial charge in [0.05, 0.1) is 0 Å². The van der Waals surface area contributed by atoms with Gasteiger partial charge in [0.2, 0.25) is 0 Å². The van der Waals surface area contributed by atoms with Gasteiger partial charge in [-0.15, -0.1) is 0 Å². The smallest absolute Gasteiger partial charge is 0.124 e. The molecule has 0 N–H and O–H groups in total. The minimum Gasteiger partial charge on any atom is -0.302 e. The van der Waals surface area contributed by atoms with Crippen LogP contribution >= 0.6 is 15.9 Å². The quantitative estimate of drug-likeness (QED) is 0.792. The van der Waals surface area contributed by atoms with Crippen LogP contribution in [-0.4, -0.2) is 18.5 Å². The Balaban J connectivity index is 2.77. The first-order valence-electron chi connectivity index (χ1n) is 4.26. The van der Waals surface area contributed by atoms with Gasteiger partial charge >= 0.3 is 0 Å². The van der Waals surface area contributed by atoms with Crippen LogP contribution in [0.4, 0.5) is 4.39 Å². The molecule has 3 heteroatoms. The van der Waals surface area contributed by atoms with Crippen LogP contribution in [-0.2, 0) is 6.54 Å². The van der Waals surface area contributed by atoms with Crippen LogP contribution in [0, 0.1) is 5.82 Å². The molecule has 1 rings (SSSR count). The van der Waals surface area contributed by atoms with Gasteiger partial charge in [0.15, 0.2) is 0 Å². The number of benzene rings is 1. The fourth-order valence-corrected chi connectivity index (χ4v) is 1.53. The number of hydrogen-bond acceptors (Lipinski definition) is 1. The Labute approximate surface area is 86.7 Å². The monoisotopic (exact) mass is 245 g/mol. The SMILES string of the molecule is CCN(C)Cc1ccc(F)cc1Br. The van der Waals surface area contributed by atoms with Crippen molar-refractivity contribution in [1.82, 2.24) is 4.90 Å². The van der Waals surface area contributed by atoms with E-state index < -0.39 is 0 Å². The summed E-state index contributed by atoms with van der Waals surface area (Å²) in [6, 6.07) is 4.80. The van der Waals surface area contributed by atoms with Gasteiger partial charge in [0.25, 0.3) is 0 Å². The van der Waals surface area contributed by atoms with Crippen LogP contribution < -0.4 is 0 Å². The number of halogens is 2. The summed E-state index contributed by atoms with van der Waals surface area (Å²) in [7, 11) is 2.04. The van der Waals surface area contributed by atoms with E-state index in [0.29, 0.717) is 0 Å². The minimum absolute atomic E-state index is 0.199. The number of hydrogen-bond donors (Lipinski definition) is 0. The lowest BCUT2D eigenvalue weighted by molar-refractivity contribution is 0.345. The maximum atomic E-state index is 12.7.